The number of carbonyl (C=O) groups is 1. The molecule has 0 unspecified atom stereocenters. The summed E-state index contributed by atoms with van der Waals surface area (Å²) in [6, 6.07) is 5.91. The van der Waals surface area contributed by atoms with Crippen LogP contribution in [-0.2, 0) is 32.4 Å². The Kier molecular flexibility index (Phi) is 6.32. The van der Waals surface area contributed by atoms with Gasteiger partial charge in [-0.1, -0.05) is 32.0 Å². The number of carbonyl (C=O) groups excluding carboxylic acids is 1. The zero-order valence-corrected chi connectivity index (χ0v) is 16.3. The molecule has 0 fully saturated rings. The molecule has 0 bridgehead atoms. The average Bonchev–Trinajstić information content (AvgIpc) is 3.01. The fourth-order valence-electron chi connectivity index (χ4n) is 3.59. The van der Waals surface area contributed by atoms with Gasteiger partial charge in [-0.3, -0.25) is 4.57 Å². The minimum atomic E-state index is -0.206. The number of fused-ring (bicyclic) bond motifs is 1. The molecule has 1 aliphatic rings. The second-order valence-corrected chi connectivity index (χ2v) is 6.92. The van der Waals surface area contributed by atoms with E-state index in [2.05, 4.69) is 29.6 Å². The summed E-state index contributed by atoms with van der Waals surface area (Å²) in [7, 11) is 0. The smallest absolute Gasteiger partial charge is 0.338 e. The van der Waals surface area contributed by atoms with Gasteiger partial charge in [0.05, 0.1) is 0 Å². The number of anilines is 1. The molecule has 3 rings (SSSR count). The molecule has 2 amide bonds. The van der Waals surface area contributed by atoms with E-state index in [4.69, 9.17) is 0 Å². The normalized spacial score (nSPS) is 13.3. The summed E-state index contributed by atoms with van der Waals surface area (Å²) in [5, 5.41) is 10.3. The molecule has 7 nitrogen and oxygen atoms in total. The molecule has 1 aromatic carbocycles. The minimum absolute atomic E-state index is 0.0291. The average molecular weight is 371 g/mol. The van der Waals surface area contributed by atoms with Gasteiger partial charge >= 0.3 is 11.7 Å². The third-order valence-corrected chi connectivity index (χ3v) is 5.10. The van der Waals surface area contributed by atoms with Crippen molar-refractivity contribution in [1.82, 2.24) is 19.7 Å². The van der Waals surface area contributed by atoms with Crippen LogP contribution in [0.5, 0.6) is 0 Å². The lowest BCUT2D eigenvalue weighted by atomic mass is 10.0. The summed E-state index contributed by atoms with van der Waals surface area (Å²) >= 11 is 0. The number of rotatable bonds is 7. The van der Waals surface area contributed by atoms with E-state index in [-0.39, 0.29) is 11.7 Å². The molecule has 146 valence electrons. The van der Waals surface area contributed by atoms with Crippen LogP contribution in [0, 0.1) is 0 Å². The number of nitrogens with zero attached hydrogens (tertiary/aromatic N) is 3. The summed E-state index contributed by atoms with van der Waals surface area (Å²) in [6.45, 7) is 5.95. The zero-order valence-electron chi connectivity index (χ0n) is 16.3. The first-order chi connectivity index (χ1) is 13.1. The van der Waals surface area contributed by atoms with Crippen LogP contribution in [0.1, 0.15) is 50.1 Å². The number of amides is 2. The Morgan fingerprint density at radius 1 is 1.19 bits per heavy atom. The Labute approximate surface area is 159 Å². The Morgan fingerprint density at radius 3 is 2.59 bits per heavy atom. The standard InChI is InChI=1S/C20H29N5O2/c1-3-15-9-7-10-16(4-2)18(15)22-19(26)21-12-8-14-25-20(27)24-13-6-5-11-17(24)23-25/h7,9-10H,3-6,8,11-14H2,1-2H3,(H2,21,22,26). The monoisotopic (exact) mass is 371 g/mol. The first kappa shape index (κ1) is 19.2. The molecule has 0 saturated carbocycles. The van der Waals surface area contributed by atoms with Crippen LogP contribution >= 0.6 is 0 Å². The fourth-order valence-corrected chi connectivity index (χ4v) is 3.59. The fraction of sp³-hybridized carbons (Fsp3) is 0.550. The minimum Gasteiger partial charge on any atom is -0.338 e. The molecule has 0 atom stereocenters. The molecule has 0 aliphatic carbocycles. The summed E-state index contributed by atoms with van der Waals surface area (Å²) in [5.74, 6) is 0.889. The summed E-state index contributed by atoms with van der Waals surface area (Å²) in [4.78, 5) is 24.6. The molecule has 0 radical (unpaired) electrons. The lowest BCUT2D eigenvalue weighted by Gasteiger charge is -2.15. The van der Waals surface area contributed by atoms with Gasteiger partial charge < -0.3 is 10.6 Å². The number of urea groups is 1. The molecular formula is C20H29N5O2. The van der Waals surface area contributed by atoms with E-state index in [1.54, 1.807) is 4.57 Å². The molecule has 1 aromatic heterocycles. The SMILES string of the molecule is CCc1cccc(CC)c1NC(=O)NCCCn1nc2n(c1=O)CCCC2. The molecular weight excluding hydrogens is 342 g/mol. The molecule has 2 aromatic rings. The predicted molar refractivity (Wildman–Crippen MR) is 106 cm³/mol. The van der Waals surface area contributed by atoms with Gasteiger partial charge in [0.15, 0.2) is 0 Å². The van der Waals surface area contributed by atoms with Crippen molar-refractivity contribution >= 4 is 11.7 Å². The van der Waals surface area contributed by atoms with Crippen LogP contribution in [0.2, 0.25) is 0 Å². The van der Waals surface area contributed by atoms with Crippen molar-refractivity contribution in [2.45, 2.75) is 65.5 Å². The number of hydrogen-bond donors (Lipinski definition) is 2. The highest BCUT2D eigenvalue weighted by molar-refractivity contribution is 5.91. The first-order valence-electron chi connectivity index (χ1n) is 9.96. The van der Waals surface area contributed by atoms with Gasteiger partial charge in [0.25, 0.3) is 0 Å². The quantitative estimate of drug-likeness (QED) is 0.734. The van der Waals surface area contributed by atoms with Crippen molar-refractivity contribution in [3.8, 4) is 0 Å². The van der Waals surface area contributed by atoms with Crippen molar-refractivity contribution < 1.29 is 4.79 Å². The topological polar surface area (TPSA) is 81.0 Å². The van der Waals surface area contributed by atoms with E-state index >= 15 is 0 Å². The summed E-state index contributed by atoms with van der Waals surface area (Å²) in [5.41, 5.74) is 3.16. The third-order valence-electron chi connectivity index (χ3n) is 5.10. The molecule has 0 spiro atoms. The maximum atomic E-state index is 12.3. The number of hydrogen-bond acceptors (Lipinski definition) is 3. The number of nitrogens with one attached hydrogen (secondary N) is 2. The van der Waals surface area contributed by atoms with Gasteiger partial charge in [0, 0.05) is 31.7 Å². The maximum Gasteiger partial charge on any atom is 0.345 e. The van der Waals surface area contributed by atoms with E-state index in [0.29, 0.717) is 19.5 Å². The molecule has 2 heterocycles. The van der Waals surface area contributed by atoms with Gasteiger partial charge in [-0.05, 0) is 43.2 Å². The molecule has 2 N–H and O–H groups in total. The number of aryl methyl sites for hydroxylation is 4. The van der Waals surface area contributed by atoms with Crippen LogP contribution in [0.15, 0.2) is 23.0 Å². The Balaban J connectivity index is 1.51. The second-order valence-electron chi connectivity index (χ2n) is 6.92. The second kappa shape index (κ2) is 8.88. The van der Waals surface area contributed by atoms with E-state index in [9.17, 15) is 9.59 Å². The van der Waals surface area contributed by atoms with Crippen molar-refractivity contribution in [3.05, 3.63) is 45.6 Å². The van der Waals surface area contributed by atoms with Crippen LogP contribution < -0.4 is 16.3 Å². The van der Waals surface area contributed by atoms with Crippen molar-refractivity contribution in [2.75, 3.05) is 11.9 Å². The molecule has 1 aliphatic heterocycles. The molecule has 0 saturated heterocycles. The lowest BCUT2D eigenvalue weighted by molar-refractivity contribution is 0.251. The Bertz CT molecular complexity index is 830. The lowest BCUT2D eigenvalue weighted by Crippen LogP contribution is -2.32. The van der Waals surface area contributed by atoms with Crippen molar-refractivity contribution in [2.24, 2.45) is 0 Å². The third kappa shape index (κ3) is 4.40. The maximum absolute atomic E-state index is 12.3. The van der Waals surface area contributed by atoms with E-state index < -0.39 is 0 Å². The van der Waals surface area contributed by atoms with Gasteiger partial charge in [0.2, 0.25) is 0 Å². The number of para-hydroxylation sites is 1. The van der Waals surface area contributed by atoms with Gasteiger partial charge in [-0.25, -0.2) is 14.3 Å². The Hall–Kier alpha value is -2.57. The largest absolute Gasteiger partial charge is 0.345 e. The molecule has 7 heteroatoms. The highest BCUT2D eigenvalue weighted by atomic mass is 16.2. The van der Waals surface area contributed by atoms with Crippen molar-refractivity contribution in [1.29, 1.82) is 0 Å². The highest BCUT2D eigenvalue weighted by Crippen LogP contribution is 2.22. The zero-order chi connectivity index (χ0) is 19.2. The van der Waals surface area contributed by atoms with Gasteiger partial charge in [0.1, 0.15) is 5.82 Å². The Morgan fingerprint density at radius 2 is 1.93 bits per heavy atom. The molecule has 27 heavy (non-hydrogen) atoms. The van der Waals surface area contributed by atoms with Crippen LogP contribution in [0.25, 0.3) is 0 Å². The number of benzene rings is 1. The highest BCUT2D eigenvalue weighted by Gasteiger charge is 2.16. The van der Waals surface area contributed by atoms with Crippen LogP contribution in [-0.4, -0.2) is 26.9 Å². The van der Waals surface area contributed by atoms with Crippen molar-refractivity contribution in [3.63, 3.8) is 0 Å². The van der Waals surface area contributed by atoms with E-state index in [1.165, 1.54) is 4.68 Å². The summed E-state index contributed by atoms with van der Waals surface area (Å²) < 4.78 is 3.30. The van der Waals surface area contributed by atoms with Gasteiger partial charge in [-0.15, -0.1) is 0 Å². The van der Waals surface area contributed by atoms with Crippen LogP contribution in [0.4, 0.5) is 10.5 Å². The van der Waals surface area contributed by atoms with E-state index in [0.717, 1.165) is 61.3 Å². The summed E-state index contributed by atoms with van der Waals surface area (Å²) in [6.07, 6.45) is 5.42. The first-order valence-corrected chi connectivity index (χ1v) is 9.96. The number of aromatic nitrogens is 3. The van der Waals surface area contributed by atoms with Gasteiger partial charge in [-0.2, -0.15) is 5.10 Å². The predicted octanol–water partition coefficient (Wildman–Crippen LogP) is 2.72. The van der Waals surface area contributed by atoms with E-state index in [1.807, 2.05) is 18.2 Å². The van der Waals surface area contributed by atoms with Crippen LogP contribution in [0.3, 0.4) is 0 Å².